The summed E-state index contributed by atoms with van der Waals surface area (Å²) in [6, 6.07) is 18.1. The van der Waals surface area contributed by atoms with E-state index >= 15 is 0 Å². The summed E-state index contributed by atoms with van der Waals surface area (Å²) < 4.78 is 16.7. The van der Waals surface area contributed by atoms with Gasteiger partial charge in [-0.05, 0) is 61.0 Å². The van der Waals surface area contributed by atoms with Gasteiger partial charge < -0.3 is 24.6 Å². The Bertz CT molecular complexity index is 1140. The average Bonchev–Trinajstić information content (AvgIpc) is 2.84. The van der Waals surface area contributed by atoms with Gasteiger partial charge in [0.05, 0.1) is 25.5 Å². The number of benzene rings is 3. The highest BCUT2D eigenvalue weighted by Crippen LogP contribution is 2.31. The maximum absolute atomic E-state index is 12.1. The number of carboxylic acids is 1. The highest BCUT2D eigenvalue weighted by Gasteiger charge is 2.11. The lowest BCUT2D eigenvalue weighted by Crippen LogP contribution is -2.24. The van der Waals surface area contributed by atoms with Crippen molar-refractivity contribution in [3.8, 4) is 17.2 Å². The van der Waals surface area contributed by atoms with Crippen LogP contribution in [0.3, 0.4) is 0 Å². The summed E-state index contributed by atoms with van der Waals surface area (Å²) in [5, 5.41) is 15.7. The van der Waals surface area contributed by atoms with Gasteiger partial charge in [0.2, 0.25) is 0 Å². The molecule has 34 heavy (non-hydrogen) atoms. The van der Waals surface area contributed by atoms with Crippen LogP contribution in [0.5, 0.6) is 17.2 Å². The minimum absolute atomic E-state index is 0.187. The molecule has 176 valence electrons. The second kappa shape index (κ2) is 11.9. The summed E-state index contributed by atoms with van der Waals surface area (Å²) >= 11 is 0. The number of hydrogen-bond acceptors (Lipinski definition) is 6. The standard InChI is InChI=1S/C25H25N3O6/c1-3-33-21-13-11-20(12-14-21)27-25(31)28-26-15-19-5-4-6-22(32-2)23(19)34-16-17-7-9-18(10-8-17)24(29)30/h4-15H,3,16H2,1-2H3,(H,29,30)(H2,27,28,31)/b26-15+. The summed E-state index contributed by atoms with van der Waals surface area (Å²) in [6.07, 6.45) is 1.45. The first kappa shape index (κ1) is 24.1. The Kier molecular flexibility index (Phi) is 8.45. The zero-order valence-corrected chi connectivity index (χ0v) is 18.8. The number of ether oxygens (including phenoxy) is 3. The number of carbonyl (C=O) groups is 2. The Morgan fingerprint density at radius 1 is 1.00 bits per heavy atom. The number of anilines is 1. The van der Waals surface area contributed by atoms with Crippen molar-refractivity contribution in [1.29, 1.82) is 0 Å². The predicted octanol–water partition coefficient (Wildman–Crippen LogP) is 4.53. The third-order valence-corrected chi connectivity index (χ3v) is 4.61. The molecule has 9 heteroatoms. The van der Waals surface area contributed by atoms with E-state index in [4.69, 9.17) is 19.3 Å². The van der Waals surface area contributed by atoms with Gasteiger partial charge in [-0.25, -0.2) is 15.0 Å². The first-order valence-electron chi connectivity index (χ1n) is 10.4. The van der Waals surface area contributed by atoms with E-state index in [9.17, 15) is 9.59 Å². The van der Waals surface area contributed by atoms with Crippen molar-refractivity contribution in [2.45, 2.75) is 13.5 Å². The van der Waals surface area contributed by atoms with Crippen LogP contribution >= 0.6 is 0 Å². The Labute approximate surface area is 197 Å². The van der Waals surface area contributed by atoms with Crippen LogP contribution in [-0.2, 0) is 6.61 Å². The van der Waals surface area contributed by atoms with Crippen LogP contribution in [0.25, 0.3) is 0 Å². The maximum atomic E-state index is 12.1. The molecule has 3 N–H and O–H groups in total. The number of hydrogen-bond donors (Lipinski definition) is 3. The molecule has 0 saturated heterocycles. The van der Waals surface area contributed by atoms with E-state index < -0.39 is 12.0 Å². The van der Waals surface area contributed by atoms with E-state index in [0.717, 1.165) is 11.3 Å². The Hall–Kier alpha value is -4.53. The zero-order valence-electron chi connectivity index (χ0n) is 18.8. The van der Waals surface area contributed by atoms with E-state index in [-0.39, 0.29) is 12.2 Å². The summed E-state index contributed by atoms with van der Waals surface area (Å²) in [7, 11) is 1.52. The molecule has 3 aromatic rings. The lowest BCUT2D eigenvalue weighted by atomic mass is 10.1. The fraction of sp³-hybridized carbons (Fsp3) is 0.160. The Balaban J connectivity index is 1.63. The SMILES string of the molecule is CCOc1ccc(NC(=O)N/N=C/c2cccc(OC)c2OCc2ccc(C(=O)O)cc2)cc1. The zero-order chi connectivity index (χ0) is 24.3. The van der Waals surface area contributed by atoms with Gasteiger partial charge in [-0.2, -0.15) is 5.10 Å². The highest BCUT2D eigenvalue weighted by atomic mass is 16.5. The fourth-order valence-corrected chi connectivity index (χ4v) is 2.97. The summed E-state index contributed by atoms with van der Waals surface area (Å²) in [5.74, 6) is 0.652. The van der Waals surface area contributed by atoms with Gasteiger partial charge in [0, 0.05) is 11.3 Å². The lowest BCUT2D eigenvalue weighted by Gasteiger charge is -2.13. The maximum Gasteiger partial charge on any atom is 0.339 e. The molecular formula is C25H25N3O6. The molecule has 3 aromatic carbocycles. The number of nitrogens with zero attached hydrogens (tertiary/aromatic N) is 1. The molecule has 3 rings (SSSR count). The molecule has 0 aliphatic rings. The first-order chi connectivity index (χ1) is 16.5. The quantitative estimate of drug-likeness (QED) is 0.300. The van der Waals surface area contributed by atoms with Crippen LogP contribution in [0.2, 0.25) is 0 Å². The molecule has 0 aromatic heterocycles. The molecule has 9 nitrogen and oxygen atoms in total. The number of aromatic carboxylic acids is 1. The number of carboxylic acid groups (broad SMARTS) is 1. The minimum atomic E-state index is -0.991. The van der Waals surface area contributed by atoms with Crippen molar-refractivity contribution >= 4 is 23.9 Å². The van der Waals surface area contributed by atoms with E-state index in [2.05, 4.69) is 15.8 Å². The van der Waals surface area contributed by atoms with Crippen molar-refractivity contribution in [1.82, 2.24) is 5.43 Å². The largest absolute Gasteiger partial charge is 0.494 e. The highest BCUT2D eigenvalue weighted by molar-refractivity contribution is 5.91. The molecule has 0 aliphatic carbocycles. The molecule has 0 bridgehead atoms. The molecule has 0 aliphatic heterocycles. The van der Waals surface area contributed by atoms with Crippen LogP contribution in [0.1, 0.15) is 28.4 Å². The van der Waals surface area contributed by atoms with Crippen LogP contribution in [0, 0.1) is 0 Å². The Morgan fingerprint density at radius 3 is 2.38 bits per heavy atom. The smallest absolute Gasteiger partial charge is 0.339 e. The van der Waals surface area contributed by atoms with Crippen molar-refractivity contribution < 1.29 is 28.9 Å². The second-order valence-electron chi connectivity index (χ2n) is 6.95. The van der Waals surface area contributed by atoms with Crippen LogP contribution < -0.4 is 25.0 Å². The second-order valence-corrected chi connectivity index (χ2v) is 6.95. The van der Waals surface area contributed by atoms with E-state index in [1.54, 1.807) is 54.6 Å². The van der Waals surface area contributed by atoms with Crippen LogP contribution in [0.15, 0.2) is 71.8 Å². The number of para-hydroxylation sites is 1. The third kappa shape index (κ3) is 6.73. The molecule has 0 unspecified atom stereocenters. The van der Waals surface area contributed by atoms with Crippen molar-refractivity contribution in [3.63, 3.8) is 0 Å². The van der Waals surface area contributed by atoms with Gasteiger partial charge in [0.1, 0.15) is 12.4 Å². The summed E-state index contributed by atoms with van der Waals surface area (Å²) in [5.41, 5.74) is 4.57. The number of nitrogens with one attached hydrogen (secondary N) is 2. The average molecular weight is 463 g/mol. The minimum Gasteiger partial charge on any atom is -0.494 e. The number of rotatable bonds is 10. The number of carbonyl (C=O) groups excluding carboxylic acids is 1. The van der Waals surface area contributed by atoms with E-state index in [0.29, 0.717) is 29.4 Å². The molecule has 0 atom stereocenters. The Morgan fingerprint density at radius 2 is 1.74 bits per heavy atom. The molecule has 0 radical (unpaired) electrons. The molecule has 0 fully saturated rings. The van der Waals surface area contributed by atoms with Crippen LogP contribution in [0.4, 0.5) is 10.5 Å². The number of methoxy groups -OCH3 is 1. The van der Waals surface area contributed by atoms with Crippen molar-refractivity contribution in [3.05, 3.63) is 83.4 Å². The molecule has 0 heterocycles. The fourth-order valence-electron chi connectivity index (χ4n) is 2.97. The first-order valence-corrected chi connectivity index (χ1v) is 10.4. The number of urea groups is 1. The van der Waals surface area contributed by atoms with Crippen LogP contribution in [-0.4, -0.2) is 37.0 Å². The van der Waals surface area contributed by atoms with Gasteiger partial charge in [-0.15, -0.1) is 0 Å². The predicted molar refractivity (Wildman–Crippen MR) is 128 cm³/mol. The van der Waals surface area contributed by atoms with E-state index in [1.165, 1.54) is 25.5 Å². The number of amides is 2. The molecule has 2 amide bonds. The van der Waals surface area contributed by atoms with Crippen molar-refractivity contribution in [2.75, 3.05) is 19.0 Å². The van der Waals surface area contributed by atoms with Gasteiger partial charge in [0.25, 0.3) is 0 Å². The number of hydrazone groups is 1. The van der Waals surface area contributed by atoms with Gasteiger partial charge in [0.15, 0.2) is 11.5 Å². The van der Waals surface area contributed by atoms with Gasteiger partial charge >= 0.3 is 12.0 Å². The lowest BCUT2D eigenvalue weighted by molar-refractivity contribution is 0.0696. The van der Waals surface area contributed by atoms with Crippen molar-refractivity contribution in [2.24, 2.45) is 5.10 Å². The topological polar surface area (TPSA) is 118 Å². The van der Waals surface area contributed by atoms with Gasteiger partial charge in [-0.3, -0.25) is 0 Å². The molecular weight excluding hydrogens is 438 g/mol. The monoisotopic (exact) mass is 463 g/mol. The summed E-state index contributed by atoms with van der Waals surface area (Å²) in [4.78, 5) is 23.1. The molecule has 0 saturated carbocycles. The summed E-state index contributed by atoms with van der Waals surface area (Å²) in [6.45, 7) is 2.65. The molecule has 0 spiro atoms. The normalized spacial score (nSPS) is 10.5. The van der Waals surface area contributed by atoms with E-state index in [1.807, 2.05) is 6.92 Å². The third-order valence-electron chi connectivity index (χ3n) is 4.61. The van der Waals surface area contributed by atoms with Gasteiger partial charge in [-0.1, -0.05) is 18.2 Å².